The SMILES string of the molecule is Cc1ccc(C(=O)O[C@@H]2[C@@H](OC(=O)Nc3ccccc3)O[C@@H](COC(=O)c3ccccc3)[C@H]2OC(=O)c2ccccc2)cc1. The highest BCUT2D eigenvalue weighted by atomic mass is 16.8. The Kier molecular flexibility index (Phi) is 9.63. The molecule has 0 aromatic heterocycles. The zero-order valence-electron chi connectivity index (χ0n) is 23.7. The fraction of sp³-hybridized carbons (Fsp3) is 0.176. The molecule has 1 aliphatic heterocycles. The molecule has 0 spiro atoms. The minimum absolute atomic E-state index is 0.218. The molecule has 5 rings (SSSR count). The number of ether oxygens (including phenoxy) is 5. The molecule has 0 unspecified atom stereocenters. The van der Waals surface area contributed by atoms with Gasteiger partial charge >= 0.3 is 24.0 Å². The summed E-state index contributed by atoms with van der Waals surface area (Å²) in [5.41, 5.74) is 2.11. The maximum absolute atomic E-state index is 13.2. The van der Waals surface area contributed by atoms with Crippen molar-refractivity contribution >= 4 is 29.7 Å². The standard InChI is InChI=1S/C34H29NO9/c1-22-17-19-25(20-18-22)32(38)43-29-28(42-31(37)24-13-7-3-8-14-24)27(21-40-30(36)23-11-5-2-6-12-23)41-33(29)44-34(39)35-26-15-9-4-10-16-26/h2-20,27-29,33H,21H2,1H3,(H,35,39)/t27-,28+,29-,33+/m0/s1. The van der Waals surface area contributed by atoms with E-state index in [1.54, 1.807) is 115 Å². The quantitative estimate of drug-likeness (QED) is 0.195. The topological polar surface area (TPSA) is 126 Å². The molecule has 10 heteroatoms. The van der Waals surface area contributed by atoms with Gasteiger partial charge in [0, 0.05) is 5.69 Å². The molecule has 0 bridgehead atoms. The van der Waals surface area contributed by atoms with Crippen LogP contribution < -0.4 is 5.32 Å². The molecule has 0 radical (unpaired) electrons. The Morgan fingerprint density at radius 3 is 1.70 bits per heavy atom. The summed E-state index contributed by atoms with van der Waals surface area (Å²) in [5, 5.41) is 2.57. The number of benzene rings is 4. The number of amides is 1. The summed E-state index contributed by atoms with van der Waals surface area (Å²) in [5.74, 6) is -2.16. The lowest BCUT2D eigenvalue weighted by molar-refractivity contribution is -0.135. The summed E-state index contributed by atoms with van der Waals surface area (Å²) < 4.78 is 28.6. The highest BCUT2D eigenvalue weighted by Gasteiger charge is 2.52. The third-order valence-electron chi connectivity index (χ3n) is 6.68. The minimum Gasteiger partial charge on any atom is -0.459 e. The van der Waals surface area contributed by atoms with E-state index in [1.165, 1.54) is 0 Å². The van der Waals surface area contributed by atoms with Crippen molar-refractivity contribution in [3.8, 4) is 0 Å². The maximum atomic E-state index is 13.2. The average Bonchev–Trinajstić information content (AvgIpc) is 3.35. The molecule has 0 aliphatic carbocycles. The molecule has 1 N–H and O–H groups in total. The first-order chi connectivity index (χ1) is 21.4. The number of aryl methyl sites for hydroxylation is 1. The molecule has 1 heterocycles. The first kappa shape index (κ1) is 30.0. The van der Waals surface area contributed by atoms with Crippen LogP contribution in [0.15, 0.2) is 115 Å². The van der Waals surface area contributed by atoms with Crippen molar-refractivity contribution in [2.24, 2.45) is 0 Å². The number of esters is 3. The van der Waals surface area contributed by atoms with Gasteiger partial charge in [-0.1, -0.05) is 72.3 Å². The lowest BCUT2D eigenvalue weighted by atomic mass is 10.1. The summed E-state index contributed by atoms with van der Waals surface area (Å²) in [6.45, 7) is 1.47. The Morgan fingerprint density at radius 2 is 1.11 bits per heavy atom. The van der Waals surface area contributed by atoms with Gasteiger partial charge in [0.25, 0.3) is 0 Å². The second-order valence-corrected chi connectivity index (χ2v) is 9.88. The van der Waals surface area contributed by atoms with Gasteiger partial charge in [-0.3, -0.25) is 5.32 Å². The molecule has 4 atom stereocenters. The van der Waals surface area contributed by atoms with Gasteiger partial charge < -0.3 is 23.7 Å². The summed E-state index contributed by atoms with van der Waals surface area (Å²) in [6, 6.07) is 31.6. The molecule has 44 heavy (non-hydrogen) atoms. The predicted octanol–water partition coefficient (Wildman–Crippen LogP) is 5.58. The molecule has 224 valence electrons. The van der Waals surface area contributed by atoms with Crippen LogP contribution in [0.4, 0.5) is 10.5 Å². The minimum atomic E-state index is -1.53. The number of rotatable bonds is 9. The van der Waals surface area contributed by atoms with E-state index in [0.29, 0.717) is 11.3 Å². The largest absolute Gasteiger partial charge is 0.459 e. The highest BCUT2D eigenvalue weighted by Crippen LogP contribution is 2.30. The monoisotopic (exact) mass is 595 g/mol. The van der Waals surface area contributed by atoms with E-state index < -0.39 is 55.2 Å². The van der Waals surface area contributed by atoms with Crippen LogP contribution in [-0.4, -0.2) is 55.2 Å². The van der Waals surface area contributed by atoms with E-state index in [9.17, 15) is 19.2 Å². The van der Waals surface area contributed by atoms with Gasteiger partial charge in [-0.2, -0.15) is 0 Å². The van der Waals surface area contributed by atoms with E-state index in [-0.39, 0.29) is 11.1 Å². The molecule has 10 nitrogen and oxygen atoms in total. The molecule has 4 aromatic rings. The van der Waals surface area contributed by atoms with Crippen LogP contribution >= 0.6 is 0 Å². The van der Waals surface area contributed by atoms with Gasteiger partial charge in [-0.05, 0) is 55.5 Å². The third-order valence-corrected chi connectivity index (χ3v) is 6.68. The van der Waals surface area contributed by atoms with Crippen LogP contribution in [0.5, 0.6) is 0 Å². The Hall–Kier alpha value is -5.48. The molecule has 1 amide bonds. The Balaban J connectivity index is 1.41. The predicted molar refractivity (Wildman–Crippen MR) is 158 cm³/mol. The lowest BCUT2D eigenvalue weighted by Crippen LogP contribution is -2.43. The van der Waals surface area contributed by atoms with Crippen LogP contribution in [-0.2, 0) is 23.7 Å². The molecule has 4 aromatic carbocycles. The smallest absolute Gasteiger partial charge is 0.414 e. The molecular formula is C34H29NO9. The zero-order chi connectivity index (χ0) is 30.9. The van der Waals surface area contributed by atoms with Crippen molar-refractivity contribution in [2.75, 3.05) is 11.9 Å². The van der Waals surface area contributed by atoms with E-state index in [0.717, 1.165) is 5.56 Å². The first-order valence-electron chi connectivity index (χ1n) is 13.8. The van der Waals surface area contributed by atoms with Crippen LogP contribution in [0.25, 0.3) is 0 Å². The van der Waals surface area contributed by atoms with Gasteiger partial charge in [-0.25, -0.2) is 19.2 Å². The van der Waals surface area contributed by atoms with Gasteiger partial charge in [-0.15, -0.1) is 0 Å². The van der Waals surface area contributed by atoms with Gasteiger partial charge in [0.15, 0.2) is 6.10 Å². The van der Waals surface area contributed by atoms with Gasteiger partial charge in [0.05, 0.1) is 16.7 Å². The summed E-state index contributed by atoms with van der Waals surface area (Å²) in [7, 11) is 0. The van der Waals surface area contributed by atoms with Crippen molar-refractivity contribution in [1.29, 1.82) is 0 Å². The molecule has 1 fully saturated rings. The van der Waals surface area contributed by atoms with Crippen LogP contribution in [0.2, 0.25) is 0 Å². The highest BCUT2D eigenvalue weighted by molar-refractivity contribution is 5.91. The number of carbonyl (C=O) groups excluding carboxylic acids is 4. The van der Waals surface area contributed by atoms with E-state index >= 15 is 0 Å². The van der Waals surface area contributed by atoms with Crippen LogP contribution in [0.1, 0.15) is 36.6 Å². The van der Waals surface area contributed by atoms with Crippen LogP contribution in [0, 0.1) is 6.92 Å². The second-order valence-electron chi connectivity index (χ2n) is 9.88. The fourth-order valence-corrected chi connectivity index (χ4v) is 4.42. The number of hydrogen-bond acceptors (Lipinski definition) is 9. The molecular weight excluding hydrogens is 566 g/mol. The Labute approximate surface area is 253 Å². The van der Waals surface area contributed by atoms with Gasteiger partial charge in [0.1, 0.15) is 12.7 Å². The van der Waals surface area contributed by atoms with Crippen molar-refractivity contribution in [3.05, 3.63) is 138 Å². The van der Waals surface area contributed by atoms with Crippen molar-refractivity contribution in [2.45, 2.75) is 31.5 Å². The van der Waals surface area contributed by atoms with E-state index in [4.69, 9.17) is 23.7 Å². The summed E-state index contributed by atoms with van der Waals surface area (Å²) in [4.78, 5) is 52.0. The summed E-state index contributed by atoms with van der Waals surface area (Å²) in [6.07, 6.45) is -6.34. The fourth-order valence-electron chi connectivity index (χ4n) is 4.42. The van der Waals surface area contributed by atoms with Crippen molar-refractivity contribution in [3.63, 3.8) is 0 Å². The Bertz CT molecular complexity index is 1580. The normalized spacial score (nSPS) is 18.9. The average molecular weight is 596 g/mol. The zero-order valence-corrected chi connectivity index (χ0v) is 23.7. The number of para-hydroxylation sites is 1. The first-order valence-corrected chi connectivity index (χ1v) is 13.8. The molecule has 1 aliphatic rings. The van der Waals surface area contributed by atoms with Gasteiger partial charge in [0.2, 0.25) is 12.4 Å². The van der Waals surface area contributed by atoms with E-state index in [1.807, 2.05) is 6.92 Å². The van der Waals surface area contributed by atoms with Crippen LogP contribution in [0.3, 0.4) is 0 Å². The Morgan fingerprint density at radius 1 is 0.614 bits per heavy atom. The van der Waals surface area contributed by atoms with E-state index in [2.05, 4.69) is 5.32 Å². The second kappa shape index (κ2) is 14.1. The molecule has 0 saturated carbocycles. The van der Waals surface area contributed by atoms with Crippen molar-refractivity contribution in [1.82, 2.24) is 0 Å². The number of anilines is 1. The maximum Gasteiger partial charge on any atom is 0.414 e. The molecule has 1 saturated heterocycles. The third kappa shape index (κ3) is 7.67. The number of carbonyl (C=O) groups is 4. The van der Waals surface area contributed by atoms with Crippen molar-refractivity contribution < 1.29 is 42.9 Å². The summed E-state index contributed by atoms with van der Waals surface area (Å²) >= 11 is 0. The lowest BCUT2D eigenvalue weighted by Gasteiger charge is -2.24. The number of hydrogen-bond donors (Lipinski definition) is 1. The number of nitrogens with one attached hydrogen (secondary N) is 1.